The van der Waals surface area contributed by atoms with Crippen LogP contribution >= 0.6 is 0 Å². The van der Waals surface area contributed by atoms with E-state index in [0.29, 0.717) is 43.3 Å². The fourth-order valence-electron chi connectivity index (χ4n) is 2.50. The molecule has 9 heteroatoms. The van der Waals surface area contributed by atoms with Crippen molar-refractivity contribution in [3.8, 4) is 0 Å². The lowest BCUT2D eigenvalue weighted by atomic mass is 10.1. The van der Waals surface area contributed by atoms with Gasteiger partial charge >= 0.3 is 0 Å². The first kappa shape index (κ1) is 16.6. The Morgan fingerprint density at radius 3 is 3.04 bits per heavy atom. The highest BCUT2D eigenvalue weighted by Gasteiger charge is 2.29. The number of hydrogen-bond acceptors (Lipinski definition) is 7. The van der Waals surface area contributed by atoms with Crippen molar-refractivity contribution in [3.63, 3.8) is 0 Å². The zero-order chi connectivity index (χ0) is 17.2. The van der Waals surface area contributed by atoms with Crippen LogP contribution in [0, 0.1) is 0 Å². The molecule has 1 amide bonds. The first-order chi connectivity index (χ1) is 11.4. The molecule has 0 bridgehead atoms. The molecule has 3 rings (SSSR count). The van der Waals surface area contributed by atoms with Gasteiger partial charge in [-0.3, -0.25) is 4.79 Å². The van der Waals surface area contributed by atoms with E-state index in [9.17, 15) is 4.79 Å². The Bertz CT molecular complexity index is 719. The molecular formula is C15H22N6O3. The Labute approximate surface area is 139 Å². The number of carbonyl (C=O) groups excluding carboxylic acids is 1. The number of hydrogen-bond donors (Lipinski definition) is 2. The summed E-state index contributed by atoms with van der Waals surface area (Å²) in [6.07, 6.45) is 3.13. The fourth-order valence-corrected chi connectivity index (χ4v) is 2.50. The quantitative estimate of drug-likeness (QED) is 0.797. The van der Waals surface area contributed by atoms with Gasteiger partial charge in [-0.15, -0.1) is 0 Å². The second-order valence-corrected chi connectivity index (χ2v) is 6.43. The summed E-state index contributed by atoms with van der Waals surface area (Å²) in [4.78, 5) is 24.3. The molecule has 1 aliphatic heterocycles. The molecule has 2 aromatic rings. The van der Waals surface area contributed by atoms with E-state index in [1.165, 1.54) is 6.33 Å². The normalized spacial score (nSPS) is 20.2. The van der Waals surface area contributed by atoms with Crippen molar-refractivity contribution in [2.75, 3.05) is 25.5 Å². The monoisotopic (exact) mass is 334 g/mol. The summed E-state index contributed by atoms with van der Waals surface area (Å²) < 4.78 is 13.1. The van der Waals surface area contributed by atoms with E-state index in [4.69, 9.17) is 15.2 Å². The van der Waals surface area contributed by atoms with E-state index in [0.717, 1.165) is 0 Å². The summed E-state index contributed by atoms with van der Waals surface area (Å²) in [5.41, 5.74) is 6.69. The third-order valence-electron chi connectivity index (χ3n) is 3.84. The van der Waals surface area contributed by atoms with Crippen LogP contribution in [0.2, 0.25) is 0 Å². The van der Waals surface area contributed by atoms with Crippen LogP contribution in [0.15, 0.2) is 12.7 Å². The Kier molecular flexibility index (Phi) is 4.63. The van der Waals surface area contributed by atoms with Gasteiger partial charge in [-0.1, -0.05) is 0 Å². The molecule has 130 valence electrons. The number of imidazole rings is 1. The summed E-state index contributed by atoms with van der Waals surface area (Å²) in [5.74, 6) is 0.280. The molecule has 0 aromatic carbocycles. The molecule has 1 fully saturated rings. The Morgan fingerprint density at radius 1 is 1.46 bits per heavy atom. The van der Waals surface area contributed by atoms with Crippen molar-refractivity contribution >= 4 is 22.9 Å². The van der Waals surface area contributed by atoms with Crippen LogP contribution in [0.5, 0.6) is 0 Å². The molecule has 9 nitrogen and oxygen atoms in total. The summed E-state index contributed by atoms with van der Waals surface area (Å²) >= 11 is 0. The summed E-state index contributed by atoms with van der Waals surface area (Å²) in [6.45, 7) is 5.88. The molecule has 1 aliphatic rings. The fraction of sp³-hybridized carbons (Fsp3) is 0.600. The summed E-state index contributed by atoms with van der Waals surface area (Å²) in [7, 11) is 0. The van der Waals surface area contributed by atoms with Crippen LogP contribution < -0.4 is 11.1 Å². The van der Waals surface area contributed by atoms with Gasteiger partial charge in [0, 0.05) is 13.1 Å². The minimum absolute atomic E-state index is 0.0677. The predicted molar refractivity (Wildman–Crippen MR) is 87.1 cm³/mol. The van der Waals surface area contributed by atoms with Gasteiger partial charge in [-0.25, -0.2) is 15.0 Å². The van der Waals surface area contributed by atoms with Gasteiger partial charge in [0.05, 0.1) is 37.7 Å². The highest BCUT2D eigenvalue weighted by Crippen LogP contribution is 2.19. The second kappa shape index (κ2) is 6.70. The Morgan fingerprint density at radius 2 is 2.29 bits per heavy atom. The number of fused-ring (bicyclic) bond motifs is 1. The maximum Gasteiger partial charge on any atom is 0.222 e. The molecule has 2 aromatic heterocycles. The van der Waals surface area contributed by atoms with Crippen LogP contribution in [0.25, 0.3) is 11.2 Å². The highest BCUT2D eigenvalue weighted by molar-refractivity contribution is 5.81. The van der Waals surface area contributed by atoms with Crippen LogP contribution in [0.3, 0.4) is 0 Å². The summed E-state index contributed by atoms with van der Waals surface area (Å²) in [5, 5.41) is 2.87. The van der Waals surface area contributed by atoms with Crippen LogP contribution in [-0.4, -0.2) is 56.9 Å². The van der Waals surface area contributed by atoms with Gasteiger partial charge in [0.15, 0.2) is 11.5 Å². The van der Waals surface area contributed by atoms with Crippen LogP contribution in [0.1, 0.15) is 20.3 Å². The number of nitrogens with one attached hydrogen (secondary N) is 1. The van der Waals surface area contributed by atoms with Gasteiger partial charge in [0.1, 0.15) is 11.8 Å². The Hall–Kier alpha value is -2.26. The first-order valence-electron chi connectivity index (χ1n) is 7.88. The number of ether oxygens (including phenoxy) is 2. The molecule has 0 aliphatic carbocycles. The number of amides is 1. The van der Waals surface area contributed by atoms with E-state index in [2.05, 4.69) is 20.3 Å². The third-order valence-corrected chi connectivity index (χ3v) is 3.84. The maximum atomic E-state index is 12.0. The highest BCUT2D eigenvalue weighted by atomic mass is 16.6. The smallest absolute Gasteiger partial charge is 0.222 e. The summed E-state index contributed by atoms with van der Waals surface area (Å²) in [6, 6.07) is 0. The molecule has 3 N–H and O–H groups in total. The minimum Gasteiger partial charge on any atom is -0.382 e. The number of carbonyl (C=O) groups is 1. The van der Waals surface area contributed by atoms with Crippen molar-refractivity contribution in [2.24, 2.45) is 0 Å². The second-order valence-electron chi connectivity index (χ2n) is 6.43. The van der Waals surface area contributed by atoms with Gasteiger partial charge in [-0.2, -0.15) is 0 Å². The van der Waals surface area contributed by atoms with E-state index >= 15 is 0 Å². The molecule has 0 saturated carbocycles. The largest absolute Gasteiger partial charge is 0.382 e. The molecule has 1 unspecified atom stereocenters. The zero-order valence-corrected chi connectivity index (χ0v) is 13.9. The number of rotatable bonds is 5. The standard InChI is InChI=1S/C15H22N6O3/c1-15(2)7-23-10(6-24-15)5-11(22)17-3-4-21-9-20-12-13(16)18-8-19-14(12)21/h8-10H,3-7H2,1-2H3,(H,17,22)(H2,16,18,19). The average molecular weight is 334 g/mol. The number of nitrogen functional groups attached to an aromatic ring is 1. The first-order valence-corrected chi connectivity index (χ1v) is 7.88. The van der Waals surface area contributed by atoms with Gasteiger partial charge in [0.2, 0.25) is 5.91 Å². The Balaban J connectivity index is 1.46. The van der Waals surface area contributed by atoms with E-state index in [1.54, 1.807) is 6.33 Å². The molecule has 0 spiro atoms. The van der Waals surface area contributed by atoms with E-state index in [1.807, 2.05) is 18.4 Å². The number of nitrogens with zero attached hydrogens (tertiary/aromatic N) is 4. The molecule has 24 heavy (non-hydrogen) atoms. The van der Waals surface area contributed by atoms with E-state index < -0.39 is 0 Å². The lowest BCUT2D eigenvalue weighted by Crippen LogP contribution is -2.44. The molecule has 3 heterocycles. The number of anilines is 1. The lowest BCUT2D eigenvalue weighted by molar-refractivity contribution is -0.178. The zero-order valence-electron chi connectivity index (χ0n) is 13.9. The van der Waals surface area contributed by atoms with Crippen molar-refractivity contribution in [1.29, 1.82) is 0 Å². The number of nitrogens with two attached hydrogens (primary N) is 1. The number of aromatic nitrogens is 4. The predicted octanol–water partition coefficient (Wildman–Crippen LogP) is 0.109. The van der Waals surface area contributed by atoms with Crippen LogP contribution in [-0.2, 0) is 20.8 Å². The van der Waals surface area contributed by atoms with Crippen molar-refractivity contribution in [3.05, 3.63) is 12.7 Å². The third kappa shape index (κ3) is 3.80. The molecule has 0 radical (unpaired) electrons. The van der Waals surface area contributed by atoms with Crippen molar-refractivity contribution in [1.82, 2.24) is 24.8 Å². The topological polar surface area (TPSA) is 117 Å². The van der Waals surface area contributed by atoms with Crippen molar-refractivity contribution in [2.45, 2.75) is 38.5 Å². The van der Waals surface area contributed by atoms with Crippen LogP contribution in [0.4, 0.5) is 5.82 Å². The van der Waals surface area contributed by atoms with Crippen molar-refractivity contribution < 1.29 is 14.3 Å². The molecule has 1 saturated heterocycles. The van der Waals surface area contributed by atoms with Gasteiger partial charge in [0.25, 0.3) is 0 Å². The van der Waals surface area contributed by atoms with E-state index in [-0.39, 0.29) is 24.0 Å². The lowest BCUT2D eigenvalue weighted by Gasteiger charge is -2.34. The SMILES string of the molecule is CC1(C)COC(CC(=O)NCCn2cnc3c(N)ncnc32)CO1. The van der Waals surface area contributed by atoms with Gasteiger partial charge in [-0.05, 0) is 13.8 Å². The minimum atomic E-state index is -0.279. The van der Waals surface area contributed by atoms with Gasteiger partial charge < -0.3 is 25.1 Å². The molecular weight excluding hydrogens is 312 g/mol. The maximum absolute atomic E-state index is 12.0. The molecule has 1 atom stereocenters. The average Bonchev–Trinajstić information content (AvgIpc) is 2.94.